The van der Waals surface area contributed by atoms with Crippen LogP contribution < -0.4 is 5.32 Å². The average Bonchev–Trinajstić information content (AvgIpc) is 2.27. The molecule has 96 valence electrons. The Morgan fingerprint density at radius 1 is 1.47 bits per heavy atom. The number of halogens is 1. The zero-order chi connectivity index (χ0) is 12.7. The molecule has 0 bridgehead atoms. The molecule has 1 atom stereocenters. The average molecular weight is 241 g/mol. The summed E-state index contributed by atoms with van der Waals surface area (Å²) in [4.78, 5) is 0. The SMILES string of the molecule is COCC(O)CCNCc1ccc(F)cc1C. The third-order valence-electron chi connectivity index (χ3n) is 2.63. The summed E-state index contributed by atoms with van der Waals surface area (Å²) < 4.78 is 17.7. The van der Waals surface area contributed by atoms with Gasteiger partial charge in [0.1, 0.15) is 5.82 Å². The number of aliphatic hydroxyl groups excluding tert-OH is 1. The van der Waals surface area contributed by atoms with Gasteiger partial charge in [-0.2, -0.15) is 0 Å². The summed E-state index contributed by atoms with van der Waals surface area (Å²) in [5.74, 6) is -0.207. The number of benzene rings is 1. The predicted octanol–water partition coefficient (Wildman–Crippen LogP) is 1.62. The van der Waals surface area contributed by atoms with Crippen LogP contribution in [0.2, 0.25) is 0 Å². The number of aryl methyl sites for hydroxylation is 1. The van der Waals surface area contributed by atoms with Crippen LogP contribution in [-0.2, 0) is 11.3 Å². The van der Waals surface area contributed by atoms with Crippen molar-refractivity contribution in [2.75, 3.05) is 20.3 Å². The number of rotatable bonds is 7. The van der Waals surface area contributed by atoms with Gasteiger partial charge < -0.3 is 15.2 Å². The van der Waals surface area contributed by atoms with Gasteiger partial charge in [0.15, 0.2) is 0 Å². The molecule has 0 aliphatic heterocycles. The quantitative estimate of drug-likeness (QED) is 0.713. The van der Waals surface area contributed by atoms with E-state index in [0.29, 0.717) is 26.1 Å². The molecule has 1 unspecified atom stereocenters. The second-order valence-electron chi connectivity index (χ2n) is 4.15. The van der Waals surface area contributed by atoms with Crippen LogP contribution in [0.15, 0.2) is 18.2 Å². The van der Waals surface area contributed by atoms with Crippen molar-refractivity contribution in [3.63, 3.8) is 0 Å². The van der Waals surface area contributed by atoms with E-state index in [1.54, 1.807) is 13.2 Å². The van der Waals surface area contributed by atoms with Gasteiger partial charge in [-0.1, -0.05) is 6.07 Å². The van der Waals surface area contributed by atoms with Gasteiger partial charge in [0, 0.05) is 13.7 Å². The Morgan fingerprint density at radius 2 is 2.24 bits per heavy atom. The van der Waals surface area contributed by atoms with Gasteiger partial charge in [-0.05, 0) is 43.1 Å². The molecule has 0 spiro atoms. The molecule has 0 saturated heterocycles. The van der Waals surface area contributed by atoms with Gasteiger partial charge in [0.05, 0.1) is 12.7 Å². The van der Waals surface area contributed by atoms with Crippen LogP contribution in [0.4, 0.5) is 4.39 Å². The Balaban J connectivity index is 2.26. The number of methoxy groups -OCH3 is 1. The largest absolute Gasteiger partial charge is 0.391 e. The van der Waals surface area contributed by atoms with Crippen LogP contribution >= 0.6 is 0 Å². The summed E-state index contributed by atoms with van der Waals surface area (Å²) >= 11 is 0. The van der Waals surface area contributed by atoms with Gasteiger partial charge in [-0.3, -0.25) is 0 Å². The highest BCUT2D eigenvalue weighted by Crippen LogP contribution is 2.09. The first kappa shape index (κ1) is 14.1. The van der Waals surface area contributed by atoms with Crippen molar-refractivity contribution >= 4 is 0 Å². The number of nitrogens with one attached hydrogen (secondary N) is 1. The highest BCUT2D eigenvalue weighted by Gasteiger charge is 2.03. The fourth-order valence-electron chi connectivity index (χ4n) is 1.63. The van der Waals surface area contributed by atoms with Gasteiger partial charge in [0.25, 0.3) is 0 Å². The van der Waals surface area contributed by atoms with Crippen molar-refractivity contribution in [2.24, 2.45) is 0 Å². The molecule has 0 aliphatic carbocycles. The minimum atomic E-state index is -0.429. The summed E-state index contributed by atoms with van der Waals surface area (Å²) in [6, 6.07) is 4.77. The van der Waals surface area contributed by atoms with Crippen molar-refractivity contribution in [3.05, 3.63) is 35.1 Å². The van der Waals surface area contributed by atoms with Crippen molar-refractivity contribution in [1.29, 1.82) is 0 Å². The molecule has 0 amide bonds. The van der Waals surface area contributed by atoms with Crippen molar-refractivity contribution in [1.82, 2.24) is 5.32 Å². The third kappa shape index (κ3) is 5.26. The Labute approximate surface area is 102 Å². The van der Waals surface area contributed by atoms with E-state index < -0.39 is 6.10 Å². The maximum absolute atomic E-state index is 12.9. The maximum atomic E-state index is 12.9. The van der Waals surface area contributed by atoms with E-state index in [4.69, 9.17) is 4.74 Å². The predicted molar refractivity (Wildman–Crippen MR) is 65.3 cm³/mol. The van der Waals surface area contributed by atoms with Crippen molar-refractivity contribution < 1.29 is 14.2 Å². The number of hydrogen-bond acceptors (Lipinski definition) is 3. The van der Waals surface area contributed by atoms with Gasteiger partial charge in [-0.25, -0.2) is 4.39 Å². The second-order valence-corrected chi connectivity index (χ2v) is 4.15. The van der Waals surface area contributed by atoms with E-state index in [0.717, 1.165) is 11.1 Å². The summed E-state index contributed by atoms with van der Waals surface area (Å²) in [5, 5.41) is 12.6. The standard InChI is InChI=1S/C13H20FNO2/c1-10-7-12(14)4-3-11(10)8-15-6-5-13(16)9-17-2/h3-4,7,13,15-16H,5-6,8-9H2,1-2H3. The lowest BCUT2D eigenvalue weighted by atomic mass is 10.1. The molecule has 0 aliphatic rings. The first-order valence-corrected chi connectivity index (χ1v) is 5.76. The van der Waals surface area contributed by atoms with E-state index in [9.17, 15) is 9.50 Å². The van der Waals surface area contributed by atoms with Gasteiger partial charge >= 0.3 is 0 Å². The molecule has 0 saturated carbocycles. The fourth-order valence-corrected chi connectivity index (χ4v) is 1.63. The summed E-state index contributed by atoms with van der Waals surface area (Å²) in [6.45, 7) is 3.64. The highest BCUT2D eigenvalue weighted by molar-refractivity contribution is 5.26. The zero-order valence-corrected chi connectivity index (χ0v) is 10.4. The van der Waals surface area contributed by atoms with Crippen LogP contribution in [-0.4, -0.2) is 31.5 Å². The number of hydrogen-bond donors (Lipinski definition) is 2. The van der Waals surface area contributed by atoms with Crippen LogP contribution in [0.5, 0.6) is 0 Å². The molecule has 0 heterocycles. The molecule has 1 aromatic carbocycles. The lowest BCUT2D eigenvalue weighted by Crippen LogP contribution is -2.23. The molecule has 3 nitrogen and oxygen atoms in total. The smallest absolute Gasteiger partial charge is 0.123 e. The molecule has 0 fully saturated rings. The monoisotopic (exact) mass is 241 g/mol. The van der Waals surface area contributed by atoms with Gasteiger partial charge in [0.2, 0.25) is 0 Å². The highest BCUT2D eigenvalue weighted by atomic mass is 19.1. The van der Waals surface area contributed by atoms with Crippen LogP contribution in [0.3, 0.4) is 0 Å². The summed E-state index contributed by atoms with van der Waals surface area (Å²) in [7, 11) is 1.57. The second kappa shape index (κ2) is 7.37. The van der Waals surface area contributed by atoms with E-state index in [1.807, 2.05) is 6.92 Å². The lowest BCUT2D eigenvalue weighted by molar-refractivity contribution is 0.0594. The normalized spacial score (nSPS) is 12.7. The van der Waals surface area contributed by atoms with Gasteiger partial charge in [-0.15, -0.1) is 0 Å². The molecule has 0 aromatic heterocycles. The number of ether oxygens (including phenoxy) is 1. The van der Waals surface area contributed by atoms with E-state index >= 15 is 0 Å². The Hall–Kier alpha value is -0.970. The van der Waals surface area contributed by atoms with Crippen LogP contribution in [0, 0.1) is 12.7 Å². The van der Waals surface area contributed by atoms with Crippen LogP contribution in [0.1, 0.15) is 17.5 Å². The number of aliphatic hydroxyl groups is 1. The van der Waals surface area contributed by atoms with E-state index in [1.165, 1.54) is 12.1 Å². The first-order chi connectivity index (χ1) is 8.13. The molecule has 1 rings (SSSR count). The molecule has 1 aromatic rings. The van der Waals surface area contributed by atoms with E-state index in [-0.39, 0.29) is 5.82 Å². The molecule has 0 radical (unpaired) electrons. The minimum absolute atomic E-state index is 0.207. The van der Waals surface area contributed by atoms with E-state index in [2.05, 4.69) is 5.32 Å². The summed E-state index contributed by atoms with van der Waals surface area (Å²) in [6.07, 6.45) is 0.218. The lowest BCUT2D eigenvalue weighted by Gasteiger charge is -2.11. The maximum Gasteiger partial charge on any atom is 0.123 e. The zero-order valence-electron chi connectivity index (χ0n) is 10.4. The topological polar surface area (TPSA) is 41.5 Å². The van der Waals surface area contributed by atoms with Crippen molar-refractivity contribution in [2.45, 2.75) is 26.0 Å². The minimum Gasteiger partial charge on any atom is -0.391 e. The Morgan fingerprint density at radius 3 is 2.88 bits per heavy atom. The Kier molecular flexibility index (Phi) is 6.11. The Bertz CT molecular complexity index is 344. The molecule has 4 heteroatoms. The molecular weight excluding hydrogens is 221 g/mol. The van der Waals surface area contributed by atoms with Crippen LogP contribution in [0.25, 0.3) is 0 Å². The fraction of sp³-hybridized carbons (Fsp3) is 0.538. The summed E-state index contributed by atoms with van der Waals surface area (Å²) in [5.41, 5.74) is 2.02. The molecular formula is C13H20FNO2. The first-order valence-electron chi connectivity index (χ1n) is 5.76. The molecule has 2 N–H and O–H groups in total. The third-order valence-corrected chi connectivity index (χ3v) is 2.63. The van der Waals surface area contributed by atoms with Crippen molar-refractivity contribution in [3.8, 4) is 0 Å². The molecule has 17 heavy (non-hydrogen) atoms.